The van der Waals surface area contributed by atoms with Crippen LogP contribution < -0.4 is 17.2 Å². The van der Waals surface area contributed by atoms with Crippen molar-refractivity contribution in [1.29, 1.82) is 0 Å². The highest BCUT2D eigenvalue weighted by atomic mass is 16.7. The van der Waals surface area contributed by atoms with Gasteiger partial charge in [-0.2, -0.15) is 0 Å². The molecule has 14 heteroatoms. The average Bonchev–Trinajstić information content (AvgIpc) is 2.78. The second-order valence-electron chi connectivity index (χ2n) is 8.54. The Morgan fingerprint density at radius 1 is 0.719 bits per heavy atom. The third kappa shape index (κ3) is 5.08. The van der Waals surface area contributed by atoms with Crippen LogP contribution in [0.1, 0.15) is 12.8 Å². The number of aliphatic hydroxyl groups excluding tert-OH is 7. The van der Waals surface area contributed by atoms with E-state index >= 15 is 0 Å². The Labute approximate surface area is 184 Å². The van der Waals surface area contributed by atoms with E-state index in [1.807, 2.05) is 0 Å². The molecule has 13 N–H and O–H groups in total. The molecule has 14 atom stereocenters. The van der Waals surface area contributed by atoms with Crippen LogP contribution in [-0.2, 0) is 18.9 Å². The summed E-state index contributed by atoms with van der Waals surface area (Å²) >= 11 is 0. The first-order chi connectivity index (χ1) is 15.1. The monoisotopic (exact) mass is 469 g/mol. The van der Waals surface area contributed by atoms with Crippen LogP contribution in [0.2, 0.25) is 0 Å². The molecule has 1 aliphatic carbocycles. The van der Waals surface area contributed by atoms with Crippen molar-refractivity contribution in [1.82, 2.24) is 0 Å². The molecule has 0 bridgehead atoms. The second kappa shape index (κ2) is 10.8. The van der Waals surface area contributed by atoms with E-state index < -0.39 is 92.3 Å². The van der Waals surface area contributed by atoms with Crippen molar-refractivity contribution in [2.24, 2.45) is 17.2 Å². The minimum absolute atomic E-state index is 0.135. The number of aliphatic hydroxyl groups is 7. The standard InChI is InChI=1S/C18H35N3O11/c19-3-7-11(24)14(27)15(28)18(30-7)29-6-2-1-5(20)16(12(6)25)32-17-13(26)9(21)10(23)8(4-22)31-17/h5-18,22-28H,1-4,19-21H2/t5-,6-,7?,8?,9?,10-,11-,12?,13?,14?,15?,16?,17-,18+/m1/s1. The number of nitrogens with two attached hydrogens (primary N) is 3. The van der Waals surface area contributed by atoms with Crippen LogP contribution in [0.3, 0.4) is 0 Å². The second-order valence-corrected chi connectivity index (χ2v) is 8.54. The van der Waals surface area contributed by atoms with E-state index in [2.05, 4.69) is 0 Å². The van der Waals surface area contributed by atoms with Gasteiger partial charge in [-0.3, -0.25) is 0 Å². The maximum atomic E-state index is 10.8. The highest BCUT2D eigenvalue weighted by molar-refractivity contribution is 4.97. The van der Waals surface area contributed by atoms with E-state index in [0.717, 1.165) is 0 Å². The van der Waals surface area contributed by atoms with Crippen molar-refractivity contribution in [2.45, 2.75) is 98.5 Å². The topological polar surface area (TPSA) is 257 Å². The first-order valence-corrected chi connectivity index (χ1v) is 10.6. The fourth-order valence-corrected chi connectivity index (χ4v) is 4.27. The molecule has 0 spiro atoms. The van der Waals surface area contributed by atoms with Crippen molar-refractivity contribution in [3.8, 4) is 0 Å². The van der Waals surface area contributed by atoms with Gasteiger partial charge in [-0.05, 0) is 12.8 Å². The van der Waals surface area contributed by atoms with E-state index in [1.165, 1.54) is 0 Å². The van der Waals surface area contributed by atoms with Gasteiger partial charge < -0.3 is 71.9 Å². The summed E-state index contributed by atoms with van der Waals surface area (Å²) in [6, 6.07) is -1.85. The lowest BCUT2D eigenvalue weighted by atomic mass is 9.87. The number of ether oxygens (including phenoxy) is 4. The molecule has 1 saturated carbocycles. The minimum atomic E-state index is -1.59. The molecule has 188 valence electrons. The van der Waals surface area contributed by atoms with Crippen LogP contribution in [0.25, 0.3) is 0 Å². The number of hydrogen-bond donors (Lipinski definition) is 10. The number of hydrogen-bond acceptors (Lipinski definition) is 14. The molecule has 8 unspecified atom stereocenters. The van der Waals surface area contributed by atoms with E-state index in [4.69, 9.17) is 36.1 Å². The zero-order chi connectivity index (χ0) is 23.7. The Morgan fingerprint density at radius 3 is 1.97 bits per heavy atom. The van der Waals surface area contributed by atoms with Gasteiger partial charge in [-0.15, -0.1) is 0 Å². The molecular weight excluding hydrogens is 434 g/mol. The summed E-state index contributed by atoms with van der Waals surface area (Å²) in [5.41, 5.74) is 17.4. The lowest BCUT2D eigenvalue weighted by molar-refractivity contribution is -0.330. The van der Waals surface area contributed by atoms with Crippen LogP contribution in [0.4, 0.5) is 0 Å². The largest absolute Gasteiger partial charge is 0.394 e. The SMILES string of the molecule is NCC1O[C@H](O[C@@H]2CC[C@@H](N)C(O[C@H]3OC(CO)[C@@H](O)C(N)C3O)C2O)C(O)C(O)[C@@H]1O. The highest BCUT2D eigenvalue weighted by Crippen LogP contribution is 2.31. The van der Waals surface area contributed by atoms with Gasteiger partial charge >= 0.3 is 0 Å². The van der Waals surface area contributed by atoms with Crippen molar-refractivity contribution in [3.05, 3.63) is 0 Å². The smallest absolute Gasteiger partial charge is 0.187 e. The summed E-state index contributed by atoms with van der Waals surface area (Å²) in [6.45, 7) is -0.705. The average molecular weight is 469 g/mol. The van der Waals surface area contributed by atoms with Crippen LogP contribution in [0.5, 0.6) is 0 Å². The molecule has 2 saturated heterocycles. The van der Waals surface area contributed by atoms with Crippen molar-refractivity contribution in [3.63, 3.8) is 0 Å². The van der Waals surface area contributed by atoms with Gasteiger partial charge in [0.05, 0.1) is 18.8 Å². The fourth-order valence-electron chi connectivity index (χ4n) is 4.27. The summed E-state index contributed by atoms with van der Waals surface area (Å²) < 4.78 is 22.2. The molecular formula is C18H35N3O11. The first kappa shape index (κ1) is 26.1. The van der Waals surface area contributed by atoms with Crippen LogP contribution in [0.15, 0.2) is 0 Å². The minimum Gasteiger partial charge on any atom is -0.394 e. The Balaban J connectivity index is 1.67. The van der Waals surface area contributed by atoms with E-state index in [0.29, 0.717) is 6.42 Å². The molecule has 0 aromatic heterocycles. The Morgan fingerprint density at radius 2 is 1.34 bits per heavy atom. The molecule has 2 heterocycles. The Kier molecular flexibility index (Phi) is 8.79. The Bertz CT molecular complexity index is 603. The molecule has 14 nitrogen and oxygen atoms in total. The first-order valence-electron chi connectivity index (χ1n) is 10.6. The van der Waals surface area contributed by atoms with Gasteiger partial charge in [0.15, 0.2) is 12.6 Å². The van der Waals surface area contributed by atoms with Crippen LogP contribution >= 0.6 is 0 Å². The van der Waals surface area contributed by atoms with Crippen LogP contribution in [-0.4, -0.2) is 135 Å². The molecule has 3 fully saturated rings. The van der Waals surface area contributed by atoms with Crippen molar-refractivity contribution >= 4 is 0 Å². The molecule has 3 rings (SSSR count). The van der Waals surface area contributed by atoms with E-state index in [1.54, 1.807) is 0 Å². The lowest BCUT2D eigenvalue weighted by Crippen LogP contribution is -2.65. The van der Waals surface area contributed by atoms with Crippen molar-refractivity contribution in [2.75, 3.05) is 13.2 Å². The fraction of sp³-hybridized carbons (Fsp3) is 1.00. The predicted molar refractivity (Wildman–Crippen MR) is 104 cm³/mol. The zero-order valence-electron chi connectivity index (χ0n) is 17.4. The molecule has 32 heavy (non-hydrogen) atoms. The van der Waals surface area contributed by atoms with Gasteiger partial charge in [0, 0.05) is 12.6 Å². The maximum absolute atomic E-state index is 10.8. The third-order valence-electron chi connectivity index (χ3n) is 6.36. The molecule has 0 aromatic carbocycles. The normalized spacial score (nSPS) is 52.7. The predicted octanol–water partition coefficient (Wildman–Crippen LogP) is -6.23. The van der Waals surface area contributed by atoms with Gasteiger partial charge in [0.1, 0.15) is 54.9 Å². The number of rotatable bonds is 6. The summed E-state index contributed by atoms with van der Waals surface area (Å²) in [4.78, 5) is 0. The van der Waals surface area contributed by atoms with Gasteiger partial charge in [0.2, 0.25) is 0 Å². The van der Waals surface area contributed by atoms with Crippen LogP contribution in [0, 0.1) is 0 Å². The summed E-state index contributed by atoms with van der Waals surface area (Å²) in [5.74, 6) is 0. The summed E-state index contributed by atoms with van der Waals surface area (Å²) in [6.07, 6.45) is -15.0. The Hall–Kier alpha value is -0.560. The maximum Gasteiger partial charge on any atom is 0.187 e. The van der Waals surface area contributed by atoms with E-state index in [-0.39, 0.29) is 13.0 Å². The summed E-state index contributed by atoms with van der Waals surface area (Å²) in [7, 11) is 0. The highest BCUT2D eigenvalue weighted by Gasteiger charge is 2.49. The molecule has 0 radical (unpaired) electrons. The van der Waals surface area contributed by atoms with Gasteiger partial charge in [-0.1, -0.05) is 0 Å². The van der Waals surface area contributed by atoms with Gasteiger partial charge in [0.25, 0.3) is 0 Å². The van der Waals surface area contributed by atoms with E-state index in [9.17, 15) is 35.7 Å². The molecule has 0 amide bonds. The zero-order valence-corrected chi connectivity index (χ0v) is 17.4. The summed E-state index contributed by atoms with van der Waals surface area (Å²) in [5, 5.41) is 70.6. The molecule has 2 aliphatic heterocycles. The lowest BCUT2D eigenvalue weighted by Gasteiger charge is -2.46. The van der Waals surface area contributed by atoms with Crippen molar-refractivity contribution < 1.29 is 54.7 Å². The molecule has 0 aromatic rings. The quantitative estimate of drug-likeness (QED) is 0.174. The third-order valence-corrected chi connectivity index (χ3v) is 6.36. The molecule has 3 aliphatic rings. The van der Waals surface area contributed by atoms with Gasteiger partial charge in [-0.25, -0.2) is 0 Å².